The van der Waals surface area contributed by atoms with Gasteiger partial charge in [-0.3, -0.25) is 9.69 Å². The maximum absolute atomic E-state index is 13.3. The number of H-pyrrole nitrogens is 1. The van der Waals surface area contributed by atoms with Crippen molar-refractivity contribution in [1.29, 1.82) is 0 Å². The first kappa shape index (κ1) is 26.1. The van der Waals surface area contributed by atoms with Gasteiger partial charge in [-0.1, -0.05) is 33.1 Å². The average molecular weight is 497 g/mol. The molecule has 9 nitrogen and oxygen atoms in total. The van der Waals surface area contributed by atoms with Gasteiger partial charge < -0.3 is 14.5 Å². The van der Waals surface area contributed by atoms with Crippen molar-refractivity contribution in [2.75, 3.05) is 14.2 Å². The van der Waals surface area contributed by atoms with Crippen molar-refractivity contribution in [2.45, 2.75) is 96.8 Å². The smallest absolute Gasteiger partial charge is 0.252 e. The van der Waals surface area contributed by atoms with E-state index in [1.54, 1.807) is 14.2 Å². The van der Waals surface area contributed by atoms with Crippen LogP contribution < -0.4 is 15.0 Å². The van der Waals surface area contributed by atoms with Crippen molar-refractivity contribution in [2.24, 2.45) is 0 Å². The molecule has 36 heavy (non-hydrogen) atoms. The number of pyridine rings is 1. The lowest BCUT2D eigenvalue weighted by Crippen LogP contribution is -2.42. The first-order valence-corrected chi connectivity index (χ1v) is 13.1. The molecule has 4 rings (SSSR count). The van der Waals surface area contributed by atoms with E-state index in [0.29, 0.717) is 24.1 Å². The average Bonchev–Trinajstić information content (AvgIpc) is 3.39. The second-order valence-electron chi connectivity index (χ2n) is 10.4. The quantitative estimate of drug-likeness (QED) is 0.423. The zero-order chi connectivity index (χ0) is 25.9. The van der Waals surface area contributed by atoms with E-state index in [-0.39, 0.29) is 17.1 Å². The summed E-state index contributed by atoms with van der Waals surface area (Å²) in [6.07, 6.45) is 7.67. The summed E-state index contributed by atoms with van der Waals surface area (Å²) in [7, 11) is 3.21. The lowest BCUT2D eigenvalue weighted by Gasteiger charge is -2.40. The normalized spacial score (nSPS) is 16.0. The zero-order valence-electron chi connectivity index (χ0n) is 22.5. The summed E-state index contributed by atoms with van der Waals surface area (Å²) in [5, 5.41) is 13.9. The molecule has 0 spiro atoms. The monoisotopic (exact) mass is 496 g/mol. The van der Waals surface area contributed by atoms with E-state index in [2.05, 4.69) is 53.1 Å². The van der Waals surface area contributed by atoms with Gasteiger partial charge in [0.05, 0.1) is 31.3 Å². The van der Waals surface area contributed by atoms with E-state index < -0.39 is 0 Å². The summed E-state index contributed by atoms with van der Waals surface area (Å²) in [6, 6.07) is 6.10. The minimum atomic E-state index is -0.194. The fourth-order valence-electron chi connectivity index (χ4n) is 5.35. The second kappa shape index (κ2) is 11.0. The van der Waals surface area contributed by atoms with Crippen LogP contribution >= 0.6 is 0 Å². The Kier molecular flexibility index (Phi) is 7.97. The van der Waals surface area contributed by atoms with Crippen LogP contribution in [-0.4, -0.2) is 50.4 Å². The minimum Gasteiger partial charge on any atom is -0.493 e. The number of methoxy groups -OCH3 is 2. The van der Waals surface area contributed by atoms with Gasteiger partial charge in [0.1, 0.15) is 0 Å². The topological polar surface area (TPSA) is 98.2 Å². The number of tetrazole rings is 1. The number of fused-ring (bicyclic) bond motifs is 1. The van der Waals surface area contributed by atoms with Gasteiger partial charge in [0, 0.05) is 29.6 Å². The van der Waals surface area contributed by atoms with Gasteiger partial charge in [-0.15, -0.1) is 5.10 Å². The first-order chi connectivity index (χ1) is 17.3. The van der Waals surface area contributed by atoms with Gasteiger partial charge >= 0.3 is 0 Å². The fraction of sp³-hybridized carbons (Fsp3) is 0.630. The lowest BCUT2D eigenvalue weighted by atomic mass is 9.91. The number of hydrogen-bond acceptors (Lipinski definition) is 7. The van der Waals surface area contributed by atoms with E-state index in [0.717, 1.165) is 48.0 Å². The molecule has 1 atom stereocenters. The standard InChI is InChI=1S/C27H40N6O3/c1-7-22(25-29-30-31-33(25)27(3,4)8-2)32(20-12-10-9-11-13-20)17-19-14-18-15-23(35-5)24(36-6)16-21(18)28-26(19)34/h14-16,20,22H,7-13,17H2,1-6H3,(H,28,34). The number of ether oxygens (including phenoxy) is 2. The highest BCUT2D eigenvalue weighted by Gasteiger charge is 2.34. The predicted molar refractivity (Wildman–Crippen MR) is 141 cm³/mol. The van der Waals surface area contributed by atoms with Crippen LogP contribution in [0.5, 0.6) is 11.5 Å². The Bertz CT molecular complexity index is 1230. The molecule has 0 saturated heterocycles. The third-order valence-corrected chi connectivity index (χ3v) is 7.84. The number of nitrogens with zero attached hydrogens (tertiary/aromatic N) is 5. The second-order valence-corrected chi connectivity index (χ2v) is 10.4. The molecule has 1 saturated carbocycles. The van der Waals surface area contributed by atoms with E-state index in [1.807, 2.05) is 22.9 Å². The fourth-order valence-corrected chi connectivity index (χ4v) is 5.35. The highest BCUT2D eigenvalue weighted by atomic mass is 16.5. The van der Waals surface area contributed by atoms with Gasteiger partial charge in [0.2, 0.25) is 0 Å². The van der Waals surface area contributed by atoms with Crippen molar-refractivity contribution < 1.29 is 9.47 Å². The third kappa shape index (κ3) is 5.12. The third-order valence-electron chi connectivity index (χ3n) is 7.84. The van der Waals surface area contributed by atoms with Crippen LogP contribution in [0.15, 0.2) is 23.0 Å². The Balaban J connectivity index is 1.77. The van der Waals surface area contributed by atoms with Crippen molar-refractivity contribution in [1.82, 2.24) is 30.1 Å². The maximum Gasteiger partial charge on any atom is 0.252 e. The Morgan fingerprint density at radius 1 is 1.11 bits per heavy atom. The molecule has 0 radical (unpaired) electrons. The molecule has 1 N–H and O–H groups in total. The summed E-state index contributed by atoms with van der Waals surface area (Å²) in [5.41, 5.74) is 1.18. The number of benzene rings is 1. The predicted octanol–water partition coefficient (Wildman–Crippen LogP) is 4.96. The number of aromatic amines is 1. The zero-order valence-corrected chi connectivity index (χ0v) is 22.5. The molecule has 2 aromatic heterocycles. The molecule has 0 aliphatic heterocycles. The lowest BCUT2D eigenvalue weighted by molar-refractivity contribution is 0.0801. The molecule has 196 valence electrons. The molecule has 2 heterocycles. The van der Waals surface area contributed by atoms with E-state index in [1.165, 1.54) is 19.3 Å². The summed E-state index contributed by atoms with van der Waals surface area (Å²) in [5.74, 6) is 2.10. The minimum absolute atomic E-state index is 0.00873. The number of hydrogen-bond donors (Lipinski definition) is 1. The Hall–Kier alpha value is -2.94. The molecule has 1 fully saturated rings. The summed E-state index contributed by atoms with van der Waals surface area (Å²) < 4.78 is 12.9. The van der Waals surface area contributed by atoms with Crippen LogP contribution in [0.4, 0.5) is 0 Å². The van der Waals surface area contributed by atoms with Gasteiger partial charge in [-0.25, -0.2) is 4.68 Å². The number of aromatic nitrogens is 5. The SMILES string of the molecule is CCC(c1nnnn1C(C)(C)CC)N(Cc1cc2cc(OC)c(OC)cc2[nH]c1=O)C1CCCCC1. The van der Waals surface area contributed by atoms with Gasteiger partial charge in [0.15, 0.2) is 17.3 Å². The molecule has 1 unspecified atom stereocenters. The highest BCUT2D eigenvalue weighted by molar-refractivity contribution is 5.83. The molecular weight excluding hydrogens is 456 g/mol. The molecule has 0 amide bonds. The maximum atomic E-state index is 13.3. The van der Waals surface area contributed by atoms with Crippen LogP contribution in [0.3, 0.4) is 0 Å². The van der Waals surface area contributed by atoms with Crippen molar-refractivity contribution in [3.05, 3.63) is 39.9 Å². The molecule has 9 heteroatoms. The summed E-state index contributed by atoms with van der Waals surface area (Å²) >= 11 is 0. The van der Waals surface area contributed by atoms with Crippen LogP contribution in [-0.2, 0) is 12.1 Å². The number of rotatable bonds is 10. The summed E-state index contributed by atoms with van der Waals surface area (Å²) in [6.45, 7) is 9.20. The largest absolute Gasteiger partial charge is 0.493 e. The molecule has 1 aliphatic rings. The van der Waals surface area contributed by atoms with Gasteiger partial charge in [-0.05, 0) is 62.1 Å². The van der Waals surface area contributed by atoms with Crippen molar-refractivity contribution in [3.8, 4) is 11.5 Å². The Labute approximate surface area is 213 Å². The van der Waals surface area contributed by atoms with Crippen molar-refractivity contribution in [3.63, 3.8) is 0 Å². The van der Waals surface area contributed by atoms with E-state index in [4.69, 9.17) is 9.47 Å². The van der Waals surface area contributed by atoms with Crippen LogP contribution in [0.25, 0.3) is 10.9 Å². The Morgan fingerprint density at radius 3 is 2.44 bits per heavy atom. The van der Waals surface area contributed by atoms with E-state index in [9.17, 15) is 4.79 Å². The van der Waals surface area contributed by atoms with Gasteiger partial charge in [0.25, 0.3) is 5.56 Å². The van der Waals surface area contributed by atoms with Crippen LogP contribution in [0, 0.1) is 0 Å². The molecule has 0 bridgehead atoms. The van der Waals surface area contributed by atoms with Crippen LogP contribution in [0.2, 0.25) is 0 Å². The molecule has 1 aliphatic carbocycles. The van der Waals surface area contributed by atoms with Crippen LogP contribution in [0.1, 0.15) is 90.1 Å². The number of nitrogens with one attached hydrogen (secondary N) is 1. The van der Waals surface area contributed by atoms with Gasteiger partial charge in [-0.2, -0.15) is 0 Å². The summed E-state index contributed by atoms with van der Waals surface area (Å²) in [4.78, 5) is 18.8. The molecular formula is C27H40N6O3. The van der Waals surface area contributed by atoms with Crippen molar-refractivity contribution >= 4 is 10.9 Å². The van der Waals surface area contributed by atoms with E-state index >= 15 is 0 Å². The first-order valence-electron chi connectivity index (χ1n) is 13.1. The highest BCUT2D eigenvalue weighted by Crippen LogP contribution is 2.35. The molecule has 3 aromatic rings. The Morgan fingerprint density at radius 2 is 1.81 bits per heavy atom. The molecule has 1 aromatic carbocycles.